The van der Waals surface area contributed by atoms with Crippen molar-refractivity contribution >= 4 is 11.9 Å². The van der Waals surface area contributed by atoms with Gasteiger partial charge in [0.2, 0.25) is 5.91 Å². The number of hydrogen-bond acceptors (Lipinski definition) is 2. The van der Waals surface area contributed by atoms with Crippen LogP contribution in [-0.2, 0) is 16.0 Å². The van der Waals surface area contributed by atoms with Crippen molar-refractivity contribution in [2.24, 2.45) is 11.1 Å². The second-order valence-corrected chi connectivity index (χ2v) is 4.10. The number of primary amides is 1. The minimum atomic E-state index is -1.55. The van der Waals surface area contributed by atoms with Gasteiger partial charge in [0.1, 0.15) is 5.41 Å². The molecule has 0 radical (unpaired) electrons. The fourth-order valence-corrected chi connectivity index (χ4v) is 1.46. The molecule has 1 aromatic rings. The molecule has 4 nitrogen and oxygen atoms in total. The molecule has 1 atom stereocenters. The normalized spacial score (nSPS) is 14.1. The molecular formula is C12H15NO3. The fraction of sp³-hybridized carbons (Fsp3) is 0.333. The zero-order valence-electron chi connectivity index (χ0n) is 9.36. The topological polar surface area (TPSA) is 80.4 Å². The molecule has 1 aromatic carbocycles. The summed E-state index contributed by atoms with van der Waals surface area (Å²) >= 11 is 0. The maximum atomic E-state index is 11.2. The van der Waals surface area contributed by atoms with Crippen LogP contribution in [0.3, 0.4) is 0 Å². The number of carboxylic acid groups (broad SMARTS) is 1. The molecule has 0 spiro atoms. The lowest BCUT2D eigenvalue weighted by atomic mass is 9.82. The van der Waals surface area contributed by atoms with Gasteiger partial charge in [-0.3, -0.25) is 9.59 Å². The Morgan fingerprint density at radius 2 is 1.94 bits per heavy atom. The Morgan fingerprint density at radius 1 is 1.38 bits per heavy atom. The Balaban J connectivity index is 3.07. The monoisotopic (exact) mass is 221 g/mol. The minimum Gasteiger partial charge on any atom is -0.480 e. The van der Waals surface area contributed by atoms with Gasteiger partial charge in [-0.2, -0.15) is 0 Å². The fourth-order valence-electron chi connectivity index (χ4n) is 1.46. The number of nitrogens with two attached hydrogens (primary N) is 1. The van der Waals surface area contributed by atoms with Crippen molar-refractivity contribution in [2.45, 2.75) is 20.3 Å². The average molecular weight is 221 g/mol. The van der Waals surface area contributed by atoms with Gasteiger partial charge in [0.25, 0.3) is 0 Å². The molecule has 0 aliphatic heterocycles. The highest BCUT2D eigenvalue weighted by Crippen LogP contribution is 2.24. The first-order valence-electron chi connectivity index (χ1n) is 4.95. The third-order valence-corrected chi connectivity index (χ3v) is 2.82. The predicted molar refractivity (Wildman–Crippen MR) is 59.8 cm³/mol. The molecule has 1 unspecified atom stereocenters. The lowest BCUT2D eigenvalue weighted by molar-refractivity contribution is -0.153. The highest BCUT2D eigenvalue weighted by molar-refractivity contribution is 6.00. The molecular weight excluding hydrogens is 206 g/mol. The molecule has 0 aliphatic rings. The molecule has 3 N–H and O–H groups in total. The Kier molecular flexibility index (Phi) is 3.32. The Labute approximate surface area is 94.1 Å². The van der Waals surface area contributed by atoms with Gasteiger partial charge in [-0.15, -0.1) is 0 Å². The molecule has 0 saturated carbocycles. The summed E-state index contributed by atoms with van der Waals surface area (Å²) in [5, 5.41) is 9.05. The van der Waals surface area contributed by atoms with E-state index in [-0.39, 0.29) is 6.42 Å². The molecule has 86 valence electrons. The molecule has 0 aromatic heterocycles. The number of hydrogen-bond donors (Lipinski definition) is 2. The van der Waals surface area contributed by atoms with Gasteiger partial charge in [-0.05, 0) is 31.4 Å². The van der Waals surface area contributed by atoms with Crippen molar-refractivity contribution in [3.8, 4) is 0 Å². The number of amides is 1. The summed E-state index contributed by atoms with van der Waals surface area (Å²) in [6.45, 7) is 3.22. The third-order valence-electron chi connectivity index (χ3n) is 2.82. The summed E-state index contributed by atoms with van der Waals surface area (Å²) in [6.07, 6.45) is 0.115. The molecule has 4 heteroatoms. The second-order valence-electron chi connectivity index (χ2n) is 4.10. The number of aliphatic carboxylic acids is 1. The second kappa shape index (κ2) is 4.35. The molecule has 1 amide bonds. The van der Waals surface area contributed by atoms with Crippen molar-refractivity contribution in [3.63, 3.8) is 0 Å². The van der Waals surface area contributed by atoms with Crippen LogP contribution in [0, 0.1) is 12.3 Å². The quantitative estimate of drug-likeness (QED) is 0.747. The van der Waals surface area contributed by atoms with E-state index in [1.807, 2.05) is 25.1 Å². The van der Waals surface area contributed by atoms with E-state index in [1.165, 1.54) is 6.92 Å². The summed E-state index contributed by atoms with van der Waals surface area (Å²) in [5.74, 6) is -2.01. The van der Waals surface area contributed by atoms with Crippen molar-refractivity contribution in [3.05, 3.63) is 35.4 Å². The summed E-state index contributed by atoms with van der Waals surface area (Å²) in [6, 6.07) is 7.35. The minimum absolute atomic E-state index is 0.115. The molecule has 0 saturated heterocycles. The van der Waals surface area contributed by atoms with Gasteiger partial charge in [-0.1, -0.05) is 24.3 Å². The maximum absolute atomic E-state index is 11.2. The summed E-state index contributed by atoms with van der Waals surface area (Å²) in [7, 11) is 0. The lowest BCUT2D eigenvalue weighted by Crippen LogP contribution is -2.43. The Morgan fingerprint density at radius 3 is 2.38 bits per heavy atom. The van der Waals surface area contributed by atoms with Crippen LogP contribution in [0.4, 0.5) is 0 Å². The Hall–Kier alpha value is -1.84. The number of carbonyl (C=O) groups excluding carboxylic acids is 1. The van der Waals surface area contributed by atoms with Gasteiger partial charge in [0, 0.05) is 0 Å². The lowest BCUT2D eigenvalue weighted by Gasteiger charge is -2.21. The summed E-state index contributed by atoms with van der Waals surface area (Å²) in [5.41, 5.74) is 5.38. The Bertz CT molecular complexity index is 412. The van der Waals surface area contributed by atoms with Crippen molar-refractivity contribution in [1.82, 2.24) is 0 Å². The first kappa shape index (κ1) is 12.2. The molecule has 1 rings (SSSR count). The van der Waals surface area contributed by atoms with Gasteiger partial charge in [0.05, 0.1) is 0 Å². The van der Waals surface area contributed by atoms with Crippen LogP contribution in [0.2, 0.25) is 0 Å². The van der Waals surface area contributed by atoms with Crippen LogP contribution in [0.15, 0.2) is 24.3 Å². The van der Waals surface area contributed by atoms with Crippen LogP contribution in [0.5, 0.6) is 0 Å². The van der Waals surface area contributed by atoms with Crippen LogP contribution >= 0.6 is 0 Å². The first-order chi connectivity index (χ1) is 7.38. The van der Waals surface area contributed by atoms with Crippen LogP contribution in [-0.4, -0.2) is 17.0 Å². The van der Waals surface area contributed by atoms with Gasteiger partial charge < -0.3 is 10.8 Å². The number of carboxylic acids is 1. The largest absolute Gasteiger partial charge is 0.480 e. The summed E-state index contributed by atoms with van der Waals surface area (Å²) in [4.78, 5) is 22.3. The van der Waals surface area contributed by atoms with E-state index in [1.54, 1.807) is 6.07 Å². The molecule has 16 heavy (non-hydrogen) atoms. The van der Waals surface area contributed by atoms with Crippen LogP contribution in [0.1, 0.15) is 18.1 Å². The smallest absolute Gasteiger partial charge is 0.319 e. The van der Waals surface area contributed by atoms with Gasteiger partial charge in [0.15, 0.2) is 0 Å². The molecule has 0 heterocycles. The predicted octanol–water partition coefficient (Wildman–Crippen LogP) is 1.11. The maximum Gasteiger partial charge on any atom is 0.319 e. The highest BCUT2D eigenvalue weighted by atomic mass is 16.4. The first-order valence-corrected chi connectivity index (χ1v) is 4.95. The van der Waals surface area contributed by atoms with Crippen molar-refractivity contribution in [2.75, 3.05) is 0 Å². The molecule has 0 fully saturated rings. The zero-order chi connectivity index (χ0) is 12.3. The van der Waals surface area contributed by atoms with Crippen molar-refractivity contribution in [1.29, 1.82) is 0 Å². The third kappa shape index (κ3) is 2.21. The number of carbonyl (C=O) groups is 2. The van der Waals surface area contributed by atoms with E-state index in [0.29, 0.717) is 0 Å². The molecule has 0 aliphatic carbocycles. The number of benzene rings is 1. The van der Waals surface area contributed by atoms with E-state index >= 15 is 0 Å². The highest BCUT2D eigenvalue weighted by Gasteiger charge is 2.39. The zero-order valence-corrected chi connectivity index (χ0v) is 9.36. The van der Waals surface area contributed by atoms with E-state index < -0.39 is 17.3 Å². The van der Waals surface area contributed by atoms with Crippen LogP contribution in [0.25, 0.3) is 0 Å². The van der Waals surface area contributed by atoms with E-state index in [9.17, 15) is 9.59 Å². The van der Waals surface area contributed by atoms with E-state index in [2.05, 4.69) is 0 Å². The van der Waals surface area contributed by atoms with Gasteiger partial charge in [-0.25, -0.2) is 0 Å². The van der Waals surface area contributed by atoms with Gasteiger partial charge >= 0.3 is 5.97 Å². The SMILES string of the molecule is Cc1ccccc1CC(C)(C(N)=O)C(=O)O. The van der Waals surface area contributed by atoms with Crippen LogP contribution < -0.4 is 5.73 Å². The van der Waals surface area contributed by atoms with Crippen molar-refractivity contribution < 1.29 is 14.7 Å². The standard InChI is InChI=1S/C12H15NO3/c1-8-5-3-4-6-9(8)7-12(2,10(13)14)11(15)16/h3-6H,7H2,1-2H3,(H2,13,14)(H,15,16). The number of aryl methyl sites for hydroxylation is 1. The average Bonchev–Trinajstić information content (AvgIpc) is 2.20. The number of rotatable bonds is 4. The van der Waals surface area contributed by atoms with E-state index in [4.69, 9.17) is 10.8 Å². The molecule has 0 bridgehead atoms. The summed E-state index contributed by atoms with van der Waals surface area (Å²) < 4.78 is 0. The van der Waals surface area contributed by atoms with E-state index in [0.717, 1.165) is 11.1 Å².